The molecule has 0 radical (unpaired) electrons. The molecule has 0 atom stereocenters. The number of nitriles is 2. The Bertz CT molecular complexity index is 3050. The Hall–Kier alpha value is -3.23. The summed E-state index contributed by atoms with van der Waals surface area (Å²) in [5.41, 5.74) is -0.195. The number of benzene rings is 2. The van der Waals surface area contributed by atoms with Gasteiger partial charge in [0.1, 0.15) is 23.8 Å². The molecule has 0 aliphatic heterocycles. The quantitative estimate of drug-likeness (QED) is 0.0354. The second kappa shape index (κ2) is 30.1. The molecular weight excluding hydrogens is 1080 g/mol. The van der Waals surface area contributed by atoms with E-state index in [4.69, 9.17) is 16.7 Å². The van der Waals surface area contributed by atoms with E-state index in [1.807, 2.05) is 6.07 Å². The van der Waals surface area contributed by atoms with Crippen molar-refractivity contribution in [2.24, 2.45) is 14.1 Å². The van der Waals surface area contributed by atoms with Gasteiger partial charge in [-0.15, -0.1) is 11.8 Å². The van der Waals surface area contributed by atoms with Crippen LogP contribution in [-0.2, 0) is 48.7 Å². The average Bonchev–Trinajstić information content (AvgIpc) is 3.78. The molecule has 0 spiro atoms. The van der Waals surface area contributed by atoms with E-state index < -0.39 is 41.3 Å². The molecule has 25 heteroatoms. The van der Waals surface area contributed by atoms with E-state index in [1.165, 1.54) is 34.4 Å². The van der Waals surface area contributed by atoms with Gasteiger partial charge < -0.3 is 20.7 Å². The van der Waals surface area contributed by atoms with Crippen LogP contribution in [0.1, 0.15) is 38.9 Å². The number of aromatic amines is 1. The van der Waals surface area contributed by atoms with Crippen LogP contribution < -0.4 is 131 Å². The summed E-state index contributed by atoms with van der Waals surface area (Å²) in [6, 6.07) is 12.3. The Morgan fingerprint density at radius 1 is 0.857 bits per heavy atom. The molecule has 0 saturated carbocycles. The minimum atomic E-state index is -1.00. The number of nitrogens with zero attached hydrogens (tertiary/aromatic N) is 9. The van der Waals surface area contributed by atoms with Gasteiger partial charge in [0.25, 0.3) is 17.6 Å². The summed E-state index contributed by atoms with van der Waals surface area (Å²) in [5, 5.41) is 26.6. The molecule has 0 bridgehead atoms. The third-order valence-electron chi connectivity index (χ3n) is 7.91. The maximum absolute atomic E-state index is 13.9. The molecule has 4 aromatic heterocycles. The number of aryl methyl sites for hydroxylation is 2. The molecule has 2 aromatic carbocycles. The van der Waals surface area contributed by atoms with Crippen LogP contribution in [0.15, 0.2) is 65.0 Å². The van der Waals surface area contributed by atoms with Gasteiger partial charge >= 0.3 is 114 Å². The van der Waals surface area contributed by atoms with E-state index in [0.29, 0.717) is 38.1 Å². The van der Waals surface area contributed by atoms with Gasteiger partial charge in [0, 0.05) is 19.4 Å². The number of imidazole rings is 2. The maximum atomic E-state index is 13.9. The summed E-state index contributed by atoms with van der Waals surface area (Å²) >= 11 is 9.70. The standard InChI is InChI=1S/C18H13BrFN5O2.C10H9BrN4O2.C8H5BrFN.CH3F.CH2O3.2K.H/c1-3-4-8-24-14-15(22-17(24)19)23(2)18(27)25(16(14)26)10-11-6-5-7-13(20)12(11)9-21;1-3-4-5-15-6-7(12-9(15)11)14(2)10(17)13-8(6)16;9-4-6-2-1-3-8(10)7(6)5-11;1-2;2-1-4-3;;;/h5-7H,8,10H2,1-2H3;5H2,1-2H3,(H,13,16,17);1-3H,4H2;1H3;1,3H;;;/q;;;;;2*+1;-1/p-1/i;;;1D;;;;. The summed E-state index contributed by atoms with van der Waals surface area (Å²) in [5.74, 6) is 10.0. The molecule has 6 rings (SSSR count). The first-order valence-corrected chi connectivity index (χ1v) is 19.3. The predicted molar refractivity (Wildman–Crippen MR) is 226 cm³/mol. The number of hydrogen-bond acceptors (Lipinski definition) is 11. The van der Waals surface area contributed by atoms with E-state index >= 15 is 0 Å². The molecule has 0 saturated heterocycles. The molecule has 0 fully saturated rings. The number of halogens is 6. The van der Waals surface area contributed by atoms with E-state index in [1.54, 1.807) is 48.2 Å². The fraction of sp³-hybridized carbons (Fsp3) is 0.237. The second-order valence-electron chi connectivity index (χ2n) is 11.3. The molecular formula is C38H32Br3F3K2N10O7. The number of alkyl halides is 2. The maximum Gasteiger partial charge on any atom is 1.00 e. The third-order valence-corrected chi connectivity index (χ3v) is 9.72. The van der Waals surface area contributed by atoms with Gasteiger partial charge in [-0.2, -0.15) is 10.5 Å². The van der Waals surface area contributed by atoms with Gasteiger partial charge in [0.15, 0.2) is 31.8 Å². The average molecular weight is 1120 g/mol. The van der Waals surface area contributed by atoms with Crippen LogP contribution in [0.4, 0.5) is 13.2 Å². The fourth-order valence-corrected chi connectivity index (χ4v) is 6.51. The topological polar surface area (TPSA) is 231 Å². The Kier molecular flexibility index (Phi) is 27.6. The normalized spacial score (nSPS) is 9.51. The van der Waals surface area contributed by atoms with Crippen molar-refractivity contribution in [3.05, 3.63) is 121 Å². The molecule has 0 aliphatic rings. The van der Waals surface area contributed by atoms with Crippen LogP contribution in [0.3, 0.4) is 0 Å². The van der Waals surface area contributed by atoms with Gasteiger partial charge in [-0.1, -0.05) is 52.0 Å². The zero-order valence-corrected chi connectivity index (χ0v) is 45.2. The number of hydrogen-bond donors (Lipinski definition) is 1. The van der Waals surface area contributed by atoms with Gasteiger partial charge in [-0.3, -0.25) is 37.5 Å². The Balaban J connectivity index is 0. The predicted octanol–water partition coefficient (Wildman–Crippen LogP) is -2.32. The van der Waals surface area contributed by atoms with Gasteiger partial charge in [-0.05, 0) is 69.0 Å². The summed E-state index contributed by atoms with van der Waals surface area (Å²) in [7, 11) is 2.04. The van der Waals surface area contributed by atoms with Gasteiger partial charge in [-0.25, -0.2) is 28.3 Å². The smallest absolute Gasteiger partial charge is 1.00 e. The molecule has 4 heterocycles. The van der Waals surface area contributed by atoms with Gasteiger partial charge in [0.05, 0.1) is 39.3 Å². The van der Waals surface area contributed by atoms with Crippen LogP contribution in [0.2, 0.25) is 0 Å². The Morgan fingerprint density at radius 2 is 1.30 bits per heavy atom. The molecule has 63 heavy (non-hydrogen) atoms. The monoisotopic (exact) mass is 1110 g/mol. The molecule has 6 aromatic rings. The summed E-state index contributed by atoms with van der Waals surface area (Å²) in [6.45, 7) is 3.53. The molecule has 0 aliphatic carbocycles. The molecule has 0 unspecified atom stereocenters. The third kappa shape index (κ3) is 15.2. The van der Waals surface area contributed by atoms with E-state index in [9.17, 15) is 37.6 Å². The van der Waals surface area contributed by atoms with Crippen LogP contribution in [-0.4, -0.2) is 51.4 Å². The summed E-state index contributed by atoms with van der Waals surface area (Å²) in [6.07, 6.45) is 0. The first kappa shape index (κ1) is 57.8. The Morgan fingerprint density at radius 3 is 1.73 bits per heavy atom. The summed E-state index contributed by atoms with van der Waals surface area (Å²) < 4.78 is 49.7. The second-order valence-corrected chi connectivity index (χ2v) is 13.3. The molecule has 0 amide bonds. The van der Waals surface area contributed by atoms with Crippen molar-refractivity contribution in [3.8, 4) is 35.8 Å². The van der Waals surface area contributed by atoms with Crippen LogP contribution >= 0.6 is 47.8 Å². The van der Waals surface area contributed by atoms with Crippen molar-refractivity contribution in [2.45, 2.75) is 38.8 Å². The minimum Gasteiger partial charge on any atom is -1.00 e. The number of H-pyrrole nitrogens is 1. The number of carbonyl (C=O) groups is 1. The number of aromatic nitrogens is 8. The first-order valence-electron chi connectivity index (χ1n) is 17.3. The van der Waals surface area contributed by atoms with Crippen molar-refractivity contribution in [2.75, 3.05) is 7.15 Å². The van der Waals surface area contributed by atoms with Crippen molar-refractivity contribution in [1.29, 1.82) is 10.5 Å². The number of rotatable bonds is 6. The number of fused-ring (bicyclic) bond motifs is 2. The van der Waals surface area contributed by atoms with Crippen molar-refractivity contribution in [1.82, 2.24) is 37.8 Å². The minimum absolute atomic E-state index is 0. The van der Waals surface area contributed by atoms with Crippen molar-refractivity contribution in [3.63, 3.8) is 0 Å². The van der Waals surface area contributed by atoms with E-state index in [2.05, 4.69) is 91.3 Å². The van der Waals surface area contributed by atoms with Crippen molar-refractivity contribution >= 4 is 76.6 Å². The number of nitrogens with one attached hydrogen (secondary N) is 1. The summed E-state index contributed by atoms with van der Waals surface area (Å²) in [4.78, 5) is 70.7. The first-order chi connectivity index (χ1) is 29.6. The molecule has 17 nitrogen and oxygen atoms in total. The van der Waals surface area contributed by atoms with E-state index in [-0.39, 0.29) is 152 Å². The largest absolute Gasteiger partial charge is 1.00 e. The van der Waals surface area contributed by atoms with Gasteiger partial charge in [0.2, 0.25) is 0 Å². The van der Waals surface area contributed by atoms with Crippen LogP contribution in [0.25, 0.3) is 22.3 Å². The zero-order chi connectivity index (χ0) is 46.7. The molecule has 320 valence electrons. The van der Waals surface area contributed by atoms with E-state index in [0.717, 1.165) is 10.6 Å². The number of carbonyl (C=O) groups excluding carboxylic acids is 1. The zero-order valence-electron chi connectivity index (χ0n) is 36.2. The van der Waals surface area contributed by atoms with Crippen LogP contribution in [0, 0.1) is 58.0 Å². The molecule has 1 N–H and O–H groups in total. The Labute approximate surface area is 469 Å². The van der Waals surface area contributed by atoms with Crippen molar-refractivity contribution < 1.29 is 134 Å². The SMILES string of the molecule is CC#CCn1c(Br)nc2c1c(=O)[nH]c(=O)n2C.CC#CCn1c(Br)nc2c1c(=O)n(Cc1cccc(F)c1C#N)c(=O)n2C.N#Cc1c(F)cccc1CBr.O=CO[O-].[2H]CF.[H-].[K+].[K+]. The fourth-order valence-electron chi connectivity index (χ4n) is 5.10. The van der Waals surface area contributed by atoms with Crippen LogP contribution in [0.5, 0.6) is 0 Å².